The molecule has 1 heterocycles. The van der Waals surface area contributed by atoms with Crippen molar-refractivity contribution in [2.45, 2.75) is 6.92 Å². The van der Waals surface area contributed by atoms with Crippen LogP contribution in [0.3, 0.4) is 0 Å². The molecule has 10 aromatic rings. The van der Waals surface area contributed by atoms with Crippen molar-refractivity contribution in [3.8, 4) is 78.9 Å². The van der Waals surface area contributed by atoms with Crippen LogP contribution in [0.1, 0.15) is 16.8 Å². The molecular formula is C52H27N3. The number of nitrogens with zero attached hydrogens (tertiary/aromatic N) is 3. The molecule has 9 aromatic carbocycles. The molecule has 0 radical (unpaired) electrons. The lowest BCUT2D eigenvalue weighted by molar-refractivity contribution is 1.27. The van der Waals surface area contributed by atoms with Crippen LogP contribution in [0.25, 0.3) is 121 Å². The zero-order valence-electron chi connectivity index (χ0n) is 29.7. The molecule has 2 aliphatic rings. The lowest BCUT2D eigenvalue weighted by Crippen LogP contribution is -1.94. The van der Waals surface area contributed by atoms with Gasteiger partial charge in [0.1, 0.15) is 11.8 Å². The third kappa shape index (κ3) is 3.89. The summed E-state index contributed by atoms with van der Waals surface area (Å²) in [7, 11) is 0. The number of rotatable bonds is 2. The van der Waals surface area contributed by atoms with E-state index >= 15 is 0 Å². The third-order valence-corrected chi connectivity index (χ3v) is 12.2. The zero-order valence-corrected chi connectivity index (χ0v) is 29.7. The maximum Gasteiger partial charge on any atom is 0.141 e. The molecule has 1 aromatic heterocycles. The Morgan fingerprint density at radius 2 is 0.964 bits per heavy atom. The Morgan fingerprint density at radius 1 is 0.418 bits per heavy atom. The van der Waals surface area contributed by atoms with Gasteiger partial charge in [0.15, 0.2) is 0 Å². The summed E-state index contributed by atoms with van der Waals surface area (Å²) < 4.78 is 0. The van der Waals surface area contributed by atoms with Crippen molar-refractivity contribution in [1.29, 1.82) is 10.5 Å². The van der Waals surface area contributed by atoms with Crippen LogP contribution in [0, 0.1) is 29.6 Å². The number of pyridine rings is 1. The van der Waals surface area contributed by atoms with Crippen LogP contribution in [0.2, 0.25) is 0 Å². The smallest absolute Gasteiger partial charge is 0.141 e. The number of benzene rings is 9. The zero-order chi connectivity index (χ0) is 36.5. The molecule has 0 aliphatic heterocycles. The Balaban J connectivity index is 1.24. The van der Waals surface area contributed by atoms with E-state index in [-0.39, 0.29) is 0 Å². The molecule has 55 heavy (non-hydrogen) atoms. The van der Waals surface area contributed by atoms with Crippen molar-refractivity contribution >= 4 is 53.9 Å². The van der Waals surface area contributed by atoms with Crippen molar-refractivity contribution in [3.63, 3.8) is 0 Å². The van der Waals surface area contributed by atoms with Gasteiger partial charge in [0, 0.05) is 6.20 Å². The first-order chi connectivity index (χ1) is 27.1. The summed E-state index contributed by atoms with van der Waals surface area (Å²) in [5, 5.41) is 31.8. The van der Waals surface area contributed by atoms with Crippen LogP contribution in [0.4, 0.5) is 0 Å². The summed E-state index contributed by atoms with van der Waals surface area (Å²) >= 11 is 0. The van der Waals surface area contributed by atoms with E-state index in [0.717, 1.165) is 27.6 Å². The Hall–Kier alpha value is -7.59. The average molecular weight is 694 g/mol. The van der Waals surface area contributed by atoms with Gasteiger partial charge in [-0.05, 0) is 170 Å². The first-order valence-electron chi connectivity index (χ1n) is 18.6. The number of hydrogen-bond acceptors (Lipinski definition) is 3. The van der Waals surface area contributed by atoms with Crippen molar-refractivity contribution in [3.05, 3.63) is 163 Å². The summed E-state index contributed by atoms with van der Waals surface area (Å²) in [6.07, 6.45) is 1.75. The highest BCUT2D eigenvalue weighted by Gasteiger charge is 2.30. The van der Waals surface area contributed by atoms with Gasteiger partial charge in [-0.1, -0.05) is 103 Å². The van der Waals surface area contributed by atoms with Gasteiger partial charge in [-0.2, -0.15) is 10.5 Å². The Morgan fingerprint density at radius 3 is 1.53 bits per heavy atom. The van der Waals surface area contributed by atoms with Crippen LogP contribution in [-0.4, -0.2) is 4.98 Å². The van der Waals surface area contributed by atoms with Crippen LogP contribution in [-0.2, 0) is 0 Å². The predicted molar refractivity (Wildman–Crippen MR) is 226 cm³/mol. The summed E-state index contributed by atoms with van der Waals surface area (Å²) in [4.78, 5) is 4.35. The first-order valence-corrected chi connectivity index (χ1v) is 18.6. The van der Waals surface area contributed by atoms with Crippen molar-refractivity contribution in [1.82, 2.24) is 4.98 Å². The molecular weight excluding hydrogens is 667 g/mol. The summed E-state index contributed by atoms with van der Waals surface area (Å²) in [5.41, 5.74) is 16.5. The summed E-state index contributed by atoms with van der Waals surface area (Å²) in [6.45, 7) is 2.12. The number of fused-ring (bicyclic) bond motifs is 11. The van der Waals surface area contributed by atoms with E-state index in [1.54, 1.807) is 6.20 Å². The fourth-order valence-electron chi connectivity index (χ4n) is 9.94. The molecule has 0 unspecified atom stereocenters. The maximum absolute atomic E-state index is 9.92. The number of hydrogen-bond donors (Lipinski definition) is 0. The minimum atomic E-state index is 0.402. The topological polar surface area (TPSA) is 60.5 Å². The molecule has 0 bridgehead atoms. The molecule has 250 valence electrons. The quantitative estimate of drug-likeness (QED) is 0.169. The molecule has 0 saturated heterocycles. The van der Waals surface area contributed by atoms with Gasteiger partial charge in [-0.3, -0.25) is 0 Å². The minimum Gasteiger partial charge on any atom is -0.246 e. The second-order valence-corrected chi connectivity index (χ2v) is 14.9. The fourth-order valence-corrected chi connectivity index (χ4v) is 9.94. The average Bonchev–Trinajstić information content (AvgIpc) is 3.73. The van der Waals surface area contributed by atoms with Gasteiger partial charge in [0.2, 0.25) is 0 Å². The van der Waals surface area contributed by atoms with Gasteiger partial charge in [-0.25, -0.2) is 4.98 Å². The first kappa shape index (κ1) is 29.9. The molecule has 2 aliphatic carbocycles. The van der Waals surface area contributed by atoms with Crippen molar-refractivity contribution in [2.24, 2.45) is 0 Å². The van der Waals surface area contributed by atoms with E-state index in [1.165, 1.54) is 98.5 Å². The van der Waals surface area contributed by atoms with E-state index in [1.807, 2.05) is 24.3 Å². The van der Waals surface area contributed by atoms with Crippen LogP contribution in [0.5, 0.6) is 0 Å². The molecule has 3 heteroatoms. The van der Waals surface area contributed by atoms with Gasteiger partial charge < -0.3 is 0 Å². The van der Waals surface area contributed by atoms with Crippen molar-refractivity contribution < 1.29 is 0 Å². The fraction of sp³-hybridized carbons (Fsp3) is 0.0192. The Kier molecular flexibility index (Phi) is 5.84. The van der Waals surface area contributed by atoms with E-state index in [0.29, 0.717) is 11.3 Å². The third-order valence-electron chi connectivity index (χ3n) is 12.2. The highest BCUT2D eigenvalue weighted by atomic mass is 14.7. The van der Waals surface area contributed by atoms with E-state index in [2.05, 4.69) is 139 Å². The lowest BCUT2D eigenvalue weighted by atomic mass is 9.83. The standard InChI is InChI=1S/C52H27N3/c1-28-22-29(26-53)14-15-34(28)50-40-19-17-35-36(44(40)25-46-38-11-3-7-31-9-5-13-42(48(31)38)52(46)50)16-18-39-43(35)24-45-37-10-2-6-30-8-4-12-41(47(30)37)51(45)49(39)32-20-21-55-33(23-32)27-54/h2-25H,1H3. The van der Waals surface area contributed by atoms with Gasteiger partial charge in [0.25, 0.3) is 0 Å². The van der Waals surface area contributed by atoms with E-state index < -0.39 is 0 Å². The molecule has 0 spiro atoms. The summed E-state index contributed by atoms with van der Waals surface area (Å²) in [6, 6.07) is 55.2. The van der Waals surface area contributed by atoms with Gasteiger partial charge in [-0.15, -0.1) is 0 Å². The van der Waals surface area contributed by atoms with Gasteiger partial charge in [0.05, 0.1) is 11.6 Å². The molecule has 0 N–H and O–H groups in total. The van der Waals surface area contributed by atoms with Crippen LogP contribution < -0.4 is 0 Å². The Bertz CT molecular complexity index is 3510. The molecule has 0 saturated carbocycles. The number of nitriles is 2. The number of aromatic nitrogens is 1. The molecule has 0 fully saturated rings. The molecule has 0 amide bonds. The van der Waals surface area contributed by atoms with E-state index in [9.17, 15) is 10.5 Å². The van der Waals surface area contributed by atoms with Crippen LogP contribution >= 0.6 is 0 Å². The van der Waals surface area contributed by atoms with Crippen molar-refractivity contribution in [2.75, 3.05) is 0 Å². The maximum atomic E-state index is 9.92. The lowest BCUT2D eigenvalue weighted by Gasteiger charge is -2.20. The number of aryl methyl sites for hydroxylation is 1. The highest BCUT2D eigenvalue weighted by molar-refractivity contribution is 6.30. The second kappa shape index (κ2) is 10.7. The Labute approximate surface area is 316 Å². The summed E-state index contributed by atoms with van der Waals surface area (Å²) in [5.74, 6) is 0. The molecule has 12 rings (SSSR count). The second-order valence-electron chi connectivity index (χ2n) is 14.9. The minimum absolute atomic E-state index is 0.402. The SMILES string of the molecule is Cc1cc(C#N)ccc1-c1c2c(cc3c1ccc1c4cc5c(c(-c6ccnc(C#N)c6)c4ccc31)-c1cccc3cccc-5c13)-c1cccc3cccc-2c13. The van der Waals surface area contributed by atoms with Gasteiger partial charge >= 0.3 is 0 Å². The van der Waals surface area contributed by atoms with Crippen LogP contribution in [0.15, 0.2) is 146 Å². The largest absolute Gasteiger partial charge is 0.246 e. The predicted octanol–water partition coefficient (Wildman–Crippen LogP) is 13.5. The molecule has 3 nitrogen and oxygen atoms in total. The highest BCUT2D eigenvalue weighted by Crippen LogP contribution is 2.57. The monoisotopic (exact) mass is 693 g/mol. The molecule has 0 atom stereocenters. The normalized spacial score (nSPS) is 12.1. The van der Waals surface area contributed by atoms with E-state index in [4.69, 9.17) is 0 Å².